The van der Waals surface area contributed by atoms with Crippen molar-refractivity contribution in [2.45, 2.75) is 4.90 Å². The Morgan fingerprint density at radius 3 is 1.39 bits per heavy atom. The number of rotatable bonds is 7. The third-order valence-corrected chi connectivity index (χ3v) is 5.46. The van der Waals surface area contributed by atoms with Crippen LogP contribution in [0.3, 0.4) is 0 Å². The van der Waals surface area contributed by atoms with Crippen LogP contribution in [0.5, 0.6) is 23.0 Å². The van der Waals surface area contributed by atoms with E-state index in [1.54, 1.807) is 40.2 Å². The number of benzene rings is 3. The highest BCUT2D eigenvalue weighted by Crippen LogP contribution is 2.45. The fourth-order valence-electron chi connectivity index (χ4n) is 3.23. The molecule has 0 radical (unpaired) electrons. The van der Waals surface area contributed by atoms with Crippen LogP contribution in [0.4, 0.5) is 0 Å². The van der Waals surface area contributed by atoms with Gasteiger partial charge in [0.2, 0.25) is 0 Å². The number of methoxy groups -OCH3 is 4. The van der Waals surface area contributed by atoms with E-state index in [1.165, 1.54) is 0 Å². The lowest BCUT2D eigenvalue weighted by Gasteiger charge is -2.18. The van der Waals surface area contributed by atoms with E-state index >= 15 is 0 Å². The third kappa shape index (κ3) is 3.76. The van der Waals surface area contributed by atoms with Crippen molar-refractivity contribution < 1.29 is 18.9 Å². The van der Waals surface area contributed by atoms with Crippen molar-refractivity contribution in [1.82, 2.24) is 0 Å². The minimum atomic E-state index is 0.784. The zero-order valence-corrected chi connectivity index (χ0v) is 17.6. The normalized spacial score (nSPS) is 10.5. The maximum absolute atomic E-state index is 5.62. The predicted molar refractivity (Wildman–Crippen MR) is 115 cm³/mol. The van der Waals surface area contributed by atoms with E-state index in [0.717, 1.165) is 50.1 Å². The van der Waals surface area contributed by atoms with E-state index in [-0.39, 0.29) is 0 Å². The molecule has 28 heavy (non-hydrogen) atoms. The molecule has 0 saturated carbocycles. The predicted octanol–water partition coefficient (Wildman–Crippen LogP) is 5.78. The van der Waals surface area contributed by atoms with Crippen molar-refractivity contribution in [3.8, 4) is 45.3 Å². The molecule has 3 aromatic rings. The second kappa shape index (κ2) is 8.93. The molecule has 0 unspecified atom stereocenters. The quantitative estimate of drug-likeness (QED) is 0.473. The van der Waals surface area contributed by atoms with Gasteiger partial charge in [-0.25, -0.2) is 0 Å². The standard InChI is InChI=1S/C23H24O4S/c1-24-15-9-11-21(26-3)19(13-15)17-7-6-8-18(23(17)28-5)20-14-16(25-2)10-12-22(20)27-4/h6-14H,1-5H3. The molecule has 0 atom stereocenters. The summed E-state index contributed by atoms with van der Waals surface area (Å²) in [6.45, 7) is 0. The van der Waals surface area contributed by atoms with E-state index in [9.17, 15) is 0 Å². The fourth-order valence-corrected chi connectivity index (χ4v) is 4.03. The Hall–Kier alpha value is -2.79. The number of thioether (sulfide) groups is 1. The molecule has 5 heteroatoms. The molecular formula is C23H24O4S. The van der Waals surface area contributed by atoms with Crippen LogP contribution in [-0.4, -0.2) is 34.7 Å². The van der Waals surface area contributed by atoms with Crippen molar-refractivity contribution in [2.75, 3.05) is 34.7 Å². The highest BCUT2D eigenvalue weighted by Gasteiger charge is 2.18. The van der Waals surface area contributed by atoms with E-state index in [1.807, 2.05) is 42.5 Å². The molecule has 0 aromatic heterocycles. The average Bonchev–Trinajstić information content (AvgIpc) is 2.77. The largest absolute Gasteiger partial charge is 0.497 e. The van der Waals surface area contributed by atoms with Gasteiger partial charge in [-0.05, 0) is 53.8 Å². The van der Waals surface area contributed by atoms with E-state index < -0.39 is 0 Å². The van der Waals surface area contributed by atoms with Gasteiger partial charge >= 0.3 is 0 Å². The lowest BCUT2D eigenvalue weighted by atomic mass is 9.97. The zero-order valence-electron chi connectivity index (χ0n) is 16.7. The molecule has 3 rings (SSSR count). The first-order valence-electron chi connectivity index (χ1n) is 8.78. The summed E-state index contributed by atoms with van der Waals surface area (Å²) in [5.74, 6) is 3.16. The monoisotopic (exact) mass is 396 g/mol. The molecule has 0 bridgehead atoms. The van der Waals surface area contributed by atoms with Gasteiger partial charge < -0.3 is 18.9 Å². The van der Waals surface area contributed by atoms with Crippen LogP contribution < -0.4 is 18.9 Å². The molecule has 0 fully saturated rings. The smallest absolute Gasteiger partial charge is 0.126 e. The molecule has 0 spiro atoms. The summed E-state index contributed by atoms with van der Waals surface area (Å²) >= 11 is 1.68. The minimum Gasteiger partial charge on any atom is -0.497 e. The molecule has 0 aliphatic rings. The van der Waals surface area contributed by atoms with Crippen LogP contribution in [0, 0.1) is 0 Å². The maximum atomic E-state index is 5.62. The fraction of sp³-hybridized carbons (Fsp3) is 0.217. The van der Waals surface area contributed by atoms with Crippen molar-refractivity contribution in [3.05, 3.63) is 54.6 Å². The van der Waals surface area contributed by atoms with Crippen LogP contribution >= 0.6 is 11.8 Å². The average molecular weight is 397 g/mol. The first-order valence-corrected chi connectivity index (χ1v) is 10.0. The van der Waals surface area contributed by atoms with Gasteiger partial charge in [0, 0.05) is 16.0 Å². The summed E-state index contributed by atoms with van der Waals surface area (Å²) < 4.78 is 22.1. The third-order valence-electron chi connectivity index (χ3n) is 4.61. The molecule has 0 amide bonds. The maximum Gasteiger partial charge on any atom is 0.126 e. The van der Waals surface area contributed by atoms with Gasteiger partial charge in [-0.1, -0.05) is 18.2 Å². The molecule has 4 nitrogen and oxygen atoms in total. The number of ether oxygens (including phenoxy) is 4. The summed E-state index contributed by atoms with van der Waals surface area (Å²) in [6.07, 6.45) is 2.07. The summed E-state index contributed by atoms with van der Waals surface area (Å²) in [5, 5.41) is 0. The summed E-state index contributed by atoms with van der Waals surface area (Å²) in [7, 11) is 6.69. The van der Waals surface area contributed by atoms with Gasteiger partial charge in [0.1, 0.15) is 23.0 Å². The SMILES string of the molecule is COc1ccc(OC)c(-c2cccc(-c3cc(OC)ccc3OC)c2SC)c1. The van der Waals surface area contributed by atoms with Crippen molar-refractivity contribution in [2.24, 2.45) is 0 Å². The summed E-state index contributed by atoms with van der Waals surface area (Å²) in [6, 6.07) is 17.9. The van der Waals surface area contributed by atoms with Crippen molar-refractivity contribution >= 4 is 11.8 Å². The molecule has 3 aromatic carbocycles. The van der Waals surface area contributed by atoms with E-state index in [2.05, 4.69) is 18.4 Å². The molecule has 0 aliphatic carbocycles. The molecule has 146 valence electrons. The van der Waals surface area contributed by atoms with Crippen LogP contribution in [0.1, 0.15) is 0 Å². The Morgan fingerprint density at radius 1 is 0.571 bits per heavy atom. The van der Waals surface area contributed by atoms with Gasteiger partial charge in [0.05, 0.1) is 28.4 Å². The Bertz CT molecular complexity index is 895. The van der Waals surface area contributed by atoms with Gasteiger partial charge in [-0.2, -0.15) is 0 Å². The van der Waals surface area contributed by atoms with Crippen molar-refractivity contribution in [3.63, 3.8) is 0 Å². The van der Waals surface area contributed by atoms with E-state index in [0.29, 0.717) is 0 Å². The van der Waals surface area contributed by atoms with Gasteiger partial charge in [0.15, 0.2) is 0 Å². The zero-order chi connectivity index (χ0) is 20.1. The first-order chi connectivity index (χ1) is 13.7. The molecule has 0 aliphatic heterocycles. The second-order valence-corrected chi connectivity index (χ2v) is 6.84. The van der Waals surface area contributed by atoms with Crippen LogP contribution in [-0.2, 0) is 0 Å². The van der Waals surface area contributed by atoms with E-state index in [4.69, 9.17) is 18.9 Å². The topological polar surface area (TPSA) is 36.9 Å². The lowest BCUT2D eigenvalue weighted by Crippen LogP contribution is -1.95. The summed E-state index contributed by atoms with van der Waals surface area (Å²) in [5.41, 5.74) is 4.11. The molecule has 0 saturated heterocycles. The highest BCUT2D eigenvalue weighted by atomic mass is 32.2. The second-order valence-electron chi connectivity index (χ2n) is 6.02. The van der Waals surface area contributed by atoms with Gasteiger partial charge in [0.25, 0.3) is 0 Å². The van der Waals surface area contributed by atoms with Crippen LogP contribution in [0.2, 0.25) is 0 Å². The van der Waals surface area contributed by atoms with Gasteiger partial charge in [-0.3, -0.25) is 0 Å². The Labute approximate surface area is 170 Å². The molecule has 0 N–H and O–H groups in total. The van der Waals surface area contributed by atoms with Crippen molar-refractivity contribution in [1.29, 1.82) is 0 Å². The number of hydrogen-bond donors (Lipinski definition) is 0. The molecular weight excluding hydrogens is 372 g/mol. The molecule has 0 heterocycles. The highest BCUT2D eigenvalue weighted by molar-refractivity contribution is 7.98. The van der Waals surface area contributed by atoms with Crippen LogP contribution in [0.25, 0.3) is 22.3 Å². The minimum absolute atomic E-state index is 0.784. The summed E-state index contributed by atoms with van der Waals surface area (Å²) in [4.78, 5) is 1.13. The van der Waals surface area contributed by atoms with Crippen LogP contribution in [0.15, 0.2) is 59.5 Å². The van der Waals surface area contributed by atoms with Gasteiger partial charge in [-0.15, -0.1) is 11.8 Å². The number of hydrogen-bond acceptors (Lipinski definition) is 5. The lowest BCUT2D eigenvalue weighted by molar-refractivity contribution is 0.404. The Kier molecular flexibility index (Phi) is 6.37. The Morgan fingerprint density at radius 2 is 1.04 bits per heavy atom. The Balaban J connectivity index is 2.27. The first kappa shape index (κ1) is 20.0.